The smallest absolute Gasteiger partial charge is 0.348 e. The molecule has 2 heterocycles. The Morgan fingerprint density at radius 2 is 1.83 bits per heavy atom. The summed E-state index contributed by atoms with van der Waals surface area (Å²) in [5.41, 5.74) is 0.531. The van der Waals surface area contributed by atoms with Crippen molar-refractivity contribution < 1.29 is 19.1 Å². The SMILES string of the molecule is CC(C)(C)OC(=O)c1ccc(CCCN2C(=O)CC[C@@H]2CCC(=O)Cc2ccc3ccccc3c2)s1. The van der Waals surface area contributed by atoms with Crippen molar-refractivity contribution in [1.82, 2.24) is 4.90 Å². The first kappa shape index (κ1) is 26.1. The van der Waals surface area contributed by atoms with E-state index in [1.807, 2.05) is 56.0 Å². The number of ketones is 1. The van der Waals surface area contributed by atoms with Gasteiger partial charge in [-0.2, -0.15) is 0 Å². The van der Waals surface area contributed by atoms with Gasteiger partial charge in [-0.05, 0) is 74.9 Å². The summed E-state index contributed by atoms with van der Waals surface area (Å²) < 4.78 is 5.44. The zero-order valence-corrected chi connectivity index (χ0v) is 22.2. The van der Waals surface area contributed by atoms with Crippen LogP contribution in [0, 0.1) is 0 Å². The molecule has 36 heavy (non-hydrogen) atoms. The lowest BCUT2D eigenvalue weighted by molar-refractivity contribution is -0.129. The first-order valence-electron chi connectivity index (χ1n) is 12.8. The fraction of sp³-hybridized carbons (Fsp3) is 0.433. The molecular formula is C30H35NO4S. The van der Waals surface area contributed by atoms with Crippen LogP contribution in [0.25, 0.3) is 10.8 Å². The highest BCUT2D eigenvalue weighted by atomic mass is 32.1. The number of hydrogen-bond donors (Lipinski definition) is 0. The molecule has 3 aromatic rings. The molecule has 1 aliphatic rings. The number of thiophene rings is 1. The molecule has 1 amide bonds. The van der Waals surface area contributed by atoms with Crippen molar-refractivity contribution in [2.45, 2.75) is 77.4 Å². The Kier molecular flexibility index (Phi) is 8.24. The van der Waals surface area contributed by atoms with Crippen molar-refractivity contribution in [2.24, 2.45) is 0 Å². The highest BCUT2D eigenvalue weighted by molar-refractivity contribution is 7.13. The van der Waals surface area contributed by atoms with Gasteiger partial charge in [0.15, 0.2) is 0 Å². The summed E-state index contributed by atoms with van der Waals surface area (Å²) in [7, 11) is 0. The third-order valence-corrected chi connectivity index (χ3v) is 7.63. The topological polar surface area (TPSA) is 63.7 Å². The van der Waals surface area contributed by atoms with Crippen LogP contribution in [0.1, 0.15) is 73.0 Å². The number of amides is 1. The Morgan fingerprint density at radius 3 is 2.61 bits per heavy atom. The fourth-order valence-electron chi connectivity index (χ4n) is 4.77. The van der Waals surface area contributed by atoms with E-state index in [4.69, 9.17) is 4.74 Å². The molecule has 5 nitrogen and oxygen atoms in total. The quantitative estimate of drug-likeness (QED) is 0.300. The van der Waals surface area contributed by atoms with Gasteiger partial charge in [0, 0.05) is 36.7 Å². The van der Waals surface area contributed by atoms with Gasteiger partial charge in [-0.15, -0.1) is 11.3 Å². The predicted molar refractivity (Wildman–Crippen MR) is 144 cm³/mol. The van der Waals surface area contributed by atoms with E-state index in [2.05, 4.69) is 24.3 Å². The second-order valence-electron chi connectivity index (χ2n) is 10.6. The maximum absolute atomic E-state index is 12.7. The zero-order chi connectivity index (χ0) is 25.7. The molecule has 0 radical (unpaired) electrons. The van der Waals surface area contributed by atoms with Crippen LogP contribution in [0.2, 0.25) is 0 Å². The maximum Gasteiger partial charge on any atom is 0.348 e. The first-order valence-corrected chi connectivity index (χ1v) is 13.6. The molecule has 190 valence electrons. The number of carbonyl (C=O) groups excluding carboxylic acids is 3. The molecule has 1 saturated heterocycles. The number of hydrogen-bond acceptors (Lipinski definition) is 5. The number of aryl methyl sites for hydroxylation is 1. The summed E-state index contributed by atoms with van der Waals surface area (Å²) in [6.45, 7) is 6.27. The fourth-order valence-corrected chi connectivity index (χ4v) is 5.69. The van der Waals surface area contributed by atoms with Crippen LogP contribution < -0.4 is 0 Å². The minimum absolute atomic E-state index is 0.138. The summed E-state index contributed by atoms with van der Waals surface area (Å²) in [6, 6.07) is 18.3. The average molecular weight is 506 g/mol. The van der Waals surface area contributed by atoms with Gasteiger partial charge >= 0.3 is 5.97 Å². The number of fused-ring (bicyclic) bond motifs is 1. The van der Waals surface area contributed by atoms with E-state index in [-0.39, 0.29) is 23.7 Å². The van der Waals surface area contributed by atoms with Crippen molar-refractivity contribution in [3.05, 3.63) is 69.9 Å². The highest BCUT2D eigenvalue weighted by Gasteiger charge is 2.30. The molecule has 2 aromatic carbocycles. The average Bonchev–Trinajstić information content (AvgIpc) is 3.44. The van der Waals surface area contributed by atoms with Gasteiger partial charge in [-0.25, -0.2) is 4.79 Å². The van der Waals surface area contributed by atoms with E-state index in [0.717, 1.165) is 41.5 Å². The van der Waals surface area contributed by atoms with Gasteiger partial charge in [0.2, 0.25) is 5.91 Å². The minimum atomic E-state index is -0.511. The minimum Gasteiger partial charge on any atom is -0.456 e. The van der Waals surface area contributed by atoms with Crippen molar-refractivity contribution in [3.8, 4) is 0 Å². The van der Waals surface area contributed by atoms with Gasteiger partial charge in [0.1, 0.15) is 16.3 Å². The molecule has 1 aromatic heterocycles. The van der Waals surface area contributed by atoms with Crippen LogP contribution in [-0.2, 0) is 27.2 Å². The lowest BCUT2D eigenvalue weighted by Gasteiger charge is -2.24. The predicted octanol–water partition coefficient (Wildman–Crippen LogP) is 6.37. The molecule has 0 N–H and O–H groups in total. The Hall–Kier alpha value is -2.99. The van der Waals surface area contributed by atoms with Gasteiger partial charge in [-0.3, -0.25) is 9.59 Å². The Bertz CT molecular complexity index is 1240. The van der Waals surface area contributed by atoms with E-state index in [1.165, 1.54) is 16.7 Å². The maximum atomic E-state index is 12.7. The van der Waals surface area contributed by atoms with Crippen molar-refractivity contribution in [3.63, 3.8) is 0 Å². The number of likely N-dealkylation sites (tertiary alicyclic amines) is 1. The standard InChI is InChI=1S/C30H35NO4S/c1-30(2,3)35-29(34)27-16-15-26(36-27)9-6-18-31-24(13-17-28(31)33)12-14-25(32)20-21-10-11-22-7-4-5-8-23(22)19-21/h4-5,7-8,10-11,15-16,19,24H,6,9,12-14,17-18,20H2,1-3H3/t24-/m0/s1. The third kappa shape index (κ3) is 7.03. The lowest BCUT2D eigenvalue weighted by Crippen LogP contribution is -2.34. The van der Waals surface area contributed by atoms with Crippen LogP contribution in [0.3, 0.4) is 0 Å². The molecule has 1 aliphatic heterocycles. The molecule has 1 fully saturated rings. The number of carbonyl (C=O) groups is 3. The second kappa shape index (κ2) is 11.4. The summed E-state index contributed by atoms with van der Waals surface area (Å²) >= 11 is 1.46. The number of benzene rings is 2. The molecule has 0 spiro atoms. The molecule has 4 rings (SSSR count). The number of nitrogens with zero attached hydrogens (tertiary/aromatic N) is 1. The van der Waals surface area contributed by atoms with Crippen molar-refractivity contribution in [1.29, 1.82) is 0 Å². The van der Waals surface area contributed by atoms with E-state index in [9.17, 15) is 14.4 Å². The molecule has 1 atom stereocenters. The van der Waals surface area contributed by atoms with Crippen LogP contribution in [-0.4, -0.2) is 40.7 Å². The van der Waals surface area contributed by atoms with E-state index < -0.39 is 5.60 Å². The molecule has 6 heteroatoms. The van der Waals surface area contributed by atoms with Crippen molar-refractivity contribution in [2.75, 3.05) is 6.54 Å². The van der Waals surface area contributed by atoms with Gasteiger partial charge in [0.05, 0.1) is 0 Å². The second-order valence-corrected chi connectivity index (χ2v) is 11.8. The first-order chi connectivity index (χ1) is 17.2. The van der Waals surface area contributed by atoms with Crippen LogP contribution in [0.4, 0.5) is 0 Å². The van der Waals surface area contributed by atoms with E-state index >= 15 is 0 Å². The summed E-state index contributed by atoms with van der Waals surface area (Å²) in [4.78, 5) is 41.1. The van der Waals surface area contributed by atoms with Crippen molar-refractivity contribution >= 4 is 39.8 Å². The van der Waals surface area contributed by atoms with Gasteiger partial charge < -0.3 is 9.64 Å². The molecule has 0 bridgehead atoms. The third-order valence-electron chi connectivity index (χ3n) is 6.51. The summed E-state index contributed by atoms with van der Waals surface area (Å²) in [5.74, 6) is 0.113. The van der Waals surface area contributed by atoms with E-state index in [1.54, 1.807) is 0 Å². The van der Waals surface area contributed by atoms with E-state index in [0.29, 0.717) is 30.7 Å². The molecular weight excluding hydrogens is 470 g/mol. The Morgan fingerprint density at radius 1 is 1.06 bits per heavy atom. The van der Waals surface area contributed by atoms with Crippen LogP contribution >= 0.6 is 11.3 Å². The molecule has 0 aliphatic carbocycles. The number of rotatable bonds is 10. The summed E-state index contributed by atoms with van der Waals surface area (Å²) in [6.07, 6.45) is 4.68. The van der Waals surface area contributed by atoms with Gasteiger partial charge in [0.25, 0.3) is 0 Å². The normalized spacial score (nSPS) is 16.0. The molecule has 0 saturated carbocycles. The number of esters is 1. The Labute approximate surface area is 217 Å². The highest BCUT2D eigenvalue weighted by Crippen LogP contribution is 2.26. The van der Waals surface area contributed by atoms with Crippen LogP contribution in [0.5, 0.6) is 0 Å². The monoisotopic (exact) mass is 505 g/mol. The molecule has 0 unspecified atom stereocenters. The van der Waals surface area contributed by atoms with Gasteiger partial charge in [-0.1, -0.05) is 42.5 Å². The number of Topliss-reactive ketones (excluding diaryl/α,β-unsaturated/α-hetero) is 1. The largest absolute Gasteiger partial charge is 0.456 e. The summed E-state index contributed by atoms with van der Waals surface area (Å²) in [5, 5.41) is 2.33. The lowest BCUT2D eigenvalue weighted by atomic mass is 9.99. The zero-order valence-electron chi connectivity index (χ0n) is 21.4. The number of ether oxygens (including phenoxy) is 1. The van der Waals surface area contributed by atoms with Crippen LogP contribution in [0.15, 0.2) is 54.6 Å². The Balaban J connectivity index is 1.24.